The average molecular weight is 453 g/mol. The molecule has 0 aliphatic carbocycles. The molecule has 0 fully saturated rings. The van der Waals surface area contributed by atoms with Crippen LogP contribution in [0.2, 0.25) is 0 Å². The predicted molar refractivity (Wildman–Crippen MR) is 118 cm³/mol. The number of rotatable bonds is 11. The zero-order valence-electron chi connectivity index (χ0n) is 18.3. The number of ether oxygens (including phenoxy) is 4. The fourth-order valence-electron chi connectivity index (χ4n) is 2.98. The van der Waals surface area contributed by atoms with Gasteiger partial charge in [-0.15, -0.1) is 0 Å². The van der Waals surface area contributed by atoms with Gasteiger partial charge >= 0.3 is 0 Å². The van der Waals surface area contributed by atoms with Crippen molar-refractivity contribution in [2.75, 3.05) is 45.0 Å². The standard InChI is InChI=1S/C21H28N2O7S/c1-6-30-17-9-7-8-16(12-17)23(31(5,25)26)14-19(24)22-13-15-10-11-18(27-2)21(29-4)20(15)28-3/h7-12H,6,13-14H2,1-5H3,(H,22,24). The van der Waals surface area contributed by atoms with E-state index in [1.165, 1.54) is 21.3 Å². The summed E-state index contributed by atoms with van der Waals surface area (Å²) in [4.78, 5) is 12.6. The van der Waals surface area contributed by atoms with E-state index in [2.05, 4.69) is 5.32 Å². The maximum Gasteiger partial charge on any atom is 0.241 e. The number of sulfonamides is 1. The van der Waals surface area contributed by atoms with Gasteiger partial charge in [-0.25, -0.2) is 8.42 Å². The van der Waals surface area contributed by atoms with Gasteiger partial charge in [-0.2, -0.15) is 0 Å². The Balaban J connectivity index is 2.19. The molecule has 0 heterocycles. The second-order valence-electron chi connectivity index (χ2n) is 6.47. The monoisotopic (exact) mass is 452 g/mol. The first kappa shape index (κ1) is 24.1. The normalized spacial score (nSPS) is 10.9. The van der Waals surface area contributed by atoms with Crippen LogP contribution in [0.5, 0.6) is 23.0 Å². The second kappa shape index (κ2) is 10.8. The van der Waals surface area contributed by atoms with E-state index in [4.69, 9.17) is 18.9 Å². The molecule has 10 heteroatoms. The molecule has 0 aliphatic heterocycles. The van der Waals surface area contributed by atoms with Gasteiger partial charge in [0, 0.05) is 18.2 Å². The zero-order chi connectivity index (χ0) is 23.0. The largest absolute Gasteiger partial charge is 0.494 e. The lowest BCUT2D eigenvalue weighted by molar-refractivity contribution is -0.119. The molecule has 0 saturated carbocycles. The van der Waals surface area contributed by atoms with E-state index in [1.54, 1.807) is 36.4 Å². The molecular weight excluding hydrogens is 424 g/mol. The van der Waals surface area contributed by atoms with Gasteiger partial charge in [-0.3, -0.25) is 9.10 Å². The highest BCUT2D eigenvalue weighted by molar-refractivity contribution is 7.92. The SMILES string of the molecule is CCOc1cccc(N(CC(=O)NCc2ccc(OC)c(OC)c2OC)S(C)(=O)=O)c1. The van der Waals surface area contributed by atoms with Gasteiger partial charge in [0.15, 0.2) is 11.5 Å². The van der Waals surface area contributed by atoms with Crippen LogP contribution < -0.4 is 28.6 Å². The van der Waals surface area contributed by atoms with Crippen molar-refractivity contribution in [3.63, 3.8) is 0 Å². The fourth-order valence-corrected chi connectivity index (χ4v) is 3.83. The Bertz CT molecular complexity index is 1010. The van der Waals surface area contributed by atoms with Crippen molar-refractivity contribution in [3.8, 4) is 23.0 Å². The molecule has 1 amide bonds. The highest BCUT2D eigenvalue weighted by Gasteiger charge is 2.22. The zero-order valence-corrected chi connectivity index (χ0v) is 19.1. The van der Waals surface area contributed by atoms with Crippen molar-refractivity contribution in [2.45, 2.75) is 13.5 Å². The molecule has 0 aromatic heterocycles. The molecule has 2 aromatic carbocycles. The molecule has 31 heavy (non-hydrogen) atoms. The highest BCUT2D eigenvalue weighted by Crippen LogP contribution is 2.39. The number of nitrogens with one attached hydrogen (secondary N) is 1. The minimum Gasteiger partial charge on any atom is -0.494 e. The van der Waals surface area contributed by atoms with Crippen molar-refractivity contribution in [2.24, 2.45) is 0 Å². The van der Waals surface area contributed by atoms with E-state index in [1.807, 2.05) is 6.92 Å². The van der Waals surface area contributed by atoms with Crippen LogP contribution in [0.25, 0.3) is 0 Å². The summed E-state index contributed by atoms with van der Waals surface area (Å²) in [7, 11) is 0.783. The number of methoxy groups -OCH3 is 3. The van der Waals surface area contributed by atoms with Gasteiger partial charge in [-0.1, -0.05) is 6.07 Å². The topological polar surface area (TPSA) is 103 Å². The number of hydrogen-bond donors (Lipinski definition) is 1. The Morgan fingerprint density at radius 1 is 1.03 bits per heavy atom. The first-order valence-corrected chi connectivity index (χ1v) is 11.3. The van der Waals surface area contributed by atoms with E-state index >= 15 is 0 Å². The molecule has 0 saturated heterocycles. The quantitative estimate of drug-likeness (QED) is 0.557. The van der Waals surface area contributed by atoms with Crippen molar-refractivity contribution in [1.29, 1.82) is 0 Å². The molecule has 2 aromatic rings. The maximum absolute atomic E-state index is 12.6. The maximum atomic E-state index is 12.6. The summed E-state index contributed by atoms with van der Waals surface area (Å²) in [5.74, 6) is 1.36. The Labute approximate surface area is 182 Å². The lowest BCUT2D eigenvalue weighted by atomic mass is 10.1. The summed E-state index contributed by atoms with van der Waals surface area (Å²) in [6.07, 6.45) is 1.05. The number of amides is 1. The van der Waals surface area contributed by atoms with Crippen molar-refractivity contribution in [3.05, 3.63) is 42.0 Å². The molecule has 170 valence electrons. The summed E-state index contributed by atoms with van der Waals surface area (Å²) >= 11 is 0. The molecule has 1 N–H and O–H groups in total. The van der Waals surface area contributed by atoms with Crippen molar-refractivity contribution >= 4 is 21.6 Å². The van der Waals surface area contributed by atoms with Crippen molar-refractivity contribution < 1.29 is 32.2 Å². The summed E-state index contributed by atoms with van der Waals surface area (Å²) < 4.78 is 47.1. The van der Waals surface area contributed by atoms with Gasteiger partial charge in [0.2, 0.25) is 21.7 Å². The van der Waals surface area contributed by atoms with Gasteiger partial charge < -0.3 is 24.3 Å². The summed E-state index contributed by atoms with van der Waals surface area (Å²) in [6.45, 7) is 2.00. The van der Waals surface area contributed by atoms with Crippen LogP contribution in [0.15, 0.2) is 36.4 Å². The number of carbonyl (C=O) groups is 1. The van der Waals surface area contributed by atoms with E-state index in [9.17, 15) is 13.2 Å². The van der Waals surface area contributed by atoms with Crippen LogP contribution in [0, 0.1) is 0 Å². The van der Waals surface area contributed by atoms with Gasteiger partial charge in [0.05, 0.1) is 39.9 Å². The smallest absolute Gasteiger partial charge is 0.241 e. The molecule has 0 aliphatic rings. The fraction of sp³-hybridized carbons (Fsp3) is 0.381. The lowest BCUT2D eigenvalue weighted by Crippen LogP contribution is -2.40. The highest BCUT2D eigenvalue weighted by atomic mass is 32.2. The molecule has 0 spiro atoms. The Morgan fingerprint density at radius 3 is 2.32 bits per heavy atom. The molecule has 2 rings (SSSR count). The summed E-state index contributed by atoms with van der Waals surface area (Å²) in [5.41, 5.74) is 0.991. The van der Waals surface area contributed by atoms with Crippen LogP contribution >= 0.6 is 0 Å². The summed E-state index contributed by atoms with van der Waals surface area (Å²) in [6, 6.07) is 10.0. The number of hydrogen-bond acceptors (Lipinski definition) is 7. The Hall–Kier alpha value is -3.14. The first-order valence-electron chi connectivity index (χ1n) is 9.50. The van der Waals surface area contributed by atoms with E-state index < -0.39 is 15.9 Å². The molecular formula is C21H28N2O7S. The van der Waals surface area contributed by atoms with E-state index in [0.717, 1.165) is 10.6 Å². The summed E-state index contributed by atoms with van der Waals surface area (Å²) in [5, 5.41) is 2.72. The molecule has 0 radical (unpaired) electrons. The lowest BCUT2D eigenvalue weighted by Gasteiger charge is -2.22. The third-order valence-electron chi connectivity index (χ3n) is 4.37. The Morgan fingerprint density at radius 2 is 1.74 bits per heavy atom. The third-order valence-corrected chi connectivity index (χ3v) is 5.51. The van der Waals surface area contributed by atoms with Gasteiger partial charge in [0.1, 0.15) is 12.3 Å². The second-order valence-corrected chi connectivity index (χ2v) is 8.38. The first-order chi connectivity index (χ1) is 14.7. The van der Waals surface area contributed by atoms with Crippen LogP contribution in [-0.2, 0) is 21.4 Å². The van der Waals surface area contributed by atoms with Crippen LogP contribution in [0.4, 0.5) is 5.69 Å². The average Bonchev–Trinajstić information content (AvgIpc) is 2.74. The Kier molecular flexibility index (Phi) is 8.38. The number of carbonyl (C=O) groups excluding carboxylic acids is 1. The third kappa shape index (κ3) is 6.17. The van der Waals surface area contributed by atoms with Crippen molar-refractivity contribution in [1.82, 2.24) is 5.32 Å². The molecule has 0 bridgehead atoms. The van der Waals surface area contributed by atoms with E-state index in [0.29, 0.717) is 40.9 Å². The molecule has 9 nitrogen and oxygen atoms in total. The van der Waals surface area contributed by atoms with Gasteiger partial charge in [-0.05, 0) is 31.2 Å². The molecule has 0 atom stereocenters. The van der Waals surface area contributed by atoms with Crippen LogP contribution in [0.1, 0.15) is 12.5 Å². The minimum atomic E-state index is -3.70. The predicted octanol–water partition coefficient (Wildman–Crippen LogP) is 2.19. The van der Waals surface area contributed by atoms with Crippen LogP contribution in [-0.4, -0.2) is 55.1 Å². The minimum absolute atomic E-state index is 0.110. The number of nitrogens with zero attached hydrogens (tertiary/aromatic N) is 1. The molecule has 0 unspecified atom stereocenters. The number of anilines is 1. The van der Waals surface area contributed by atoms with E-state index in [-0.39, 0.29) is 13.1 Å². The number of benzene rings is 2. The van der Waals surface area contributed by atoms with Gasteiger partial charge in [0.25, 0.3) is 0 Å². The van der Waals surface area contributed by atoms with Crippen LogP contribution in [0.3, 0.4) is 0 Å².